The minimum atomic E-state index is -0.958. The number of aliphatic hydroxyl groups is 1. The summed E-state index contributed by atoms with van der Waals surface area (Å²) < 4.78 is 29.2. The van der Waals surface area contributed by atoms with Crippen LogP contribution in [0.15, 0.2) is 23.1 Å². The number of benzene rings is 1. The number of rotatable bonds is 3. The minimum absolute atomic E-state index is 0.00205. The lowest BCUT2D eigenvalue weighted by Gasteiger charge is -2.37. The van der Waals surface area contributed by atoms with Gasteiger partial charge in [0.15, 0.2) is 11.4 Å². The smallest absolute Gasteiger partial charge is 0.274 e. The molecule has 2 bridgehead atoms. The van der Waals surface area contributed by atoms with Crippen LogP contribution in [0.3, 0.4) is 0 Å². The Hall–Kier alpha value is -3.27. The van der Waals surface area contributed by atoms with Crippen LogP contribution in [0, 0.1) is 18.6 Å². The lowest BCUT2D eigenvalue weighted by atomic mass is 10.1. The predicted molar refractivity (Wildman–Crippen MR) is 116 cm³/mol. The average Bonchev–Trinajstić information content (AvgIpc) is 2.98. The van der Waals surface area contributed by atoms with E-state index in [1.165, 1.54) is 23.8 Å². The molecule has 10 heteroatoms. The summed E-state index contributed by atoms with van der Waals surface area (Å²) in [6, 6.07) is 2.16. The van der Waals surface area contributed by atoms with Crippen molar-refractivity contribution in [1.29, 1.82) is 0 Å². The lowest BCUT2D eigenvalue weighted by Crippen LogP contribution is -2.47. The van der Waals surface area contributed by atoms with Gasteiger partial charge in [0.25, 0.3) is 11.8 Å². The maximum Gasteiger partial charge on any atom is 0.274 e. The van der Waals surface area contributed by atoms with Gasteiger partial charge in [-0.05, 0) is 39.2 Å². The highest BCUT2D eigenvalue weighted by Gasteiger charge is 2.38. The number of hydrogen-bond acceptors (Lipinski definition) is 5. The van der Waals surface area contributed by atoms with E-state index in [2.05, 4.69) is 5.32 Å². The molecule has 0 radical (unpaired) electrons. The molecule has 2 aromatic rings. The van der Waals surface area contributed by atoms with Crippen LogP contribution in [0.2, 0.25) is 0 Å². The molecule has 1 aromatic heterocycles. The fraction of sp³-hybridized carbons (Fsp3) is 0.435. The van der Waals surface area contributed by atoms with Crippen molar-refractivity contribution in [3.05, 3.63) is 62.6 Å². The number of hydrogen-bond donors (Lipinski definition) is 3. The van der Waals surface area contributed by atoms with Gasteiger partial charge in [-0.1, -0.05) is 6.07 Å². The molecule has 0 aliphatic carbocycles. The van der Waals surface area contributed by atoms with E-state index >= 15 is 0 Å². The Morgan fingerprint density at radius 2 is 1.91 bits per heavy atom. The Balaban J connectivity index is 0.00000149. The SMILES string of the molecule is CO.Cc1c(F)ccc(CNC(=O)c2cn3c(c(O)c2=O)C(=O)N2CC3CCCC2C)c1F. The van der Waals surface area contributed by atoms with Crippen molar-refractivity contribution >= 4 is 11.8 Å². The van der Waals surface area contributed by atoms with Gasteiger partial charge in [0.2, 0.25) is 5.43 Å². The summed E-state index contributed by atoms with van der Waals surface area (Å²) in [4.78, 5) is 39.9. The number of halogens is 2. The third kappa shape index (κ3) is 4.35. The molecule has 2 aliphatic heterocycles. The van der Waals surface area contributed by atoms with E-state index in [-0.39, 0.29) is 41.0 Å². The third-order valence-electron chi connectivity index (χ3n) is 6.25. The molecule has 1 saturated heterocycles. The Bertz CT molecular complexity index is 1150. The molecule has 3 heterocycles. The van der Waals surface area contributed by atoms with E-state index in [0.717, 1.165) is 32.4 Å². The first-order valence-electron chi connectivity index (χ1n) is 10.7. The van der Waals surface area contributed by atoms with Gasteiger partial charge >= 0.3 is 0 Å². The van der Waals surface area contributed by atoms with Gasteiger partial charge < -0.3 is 25.0 Å². The highest BCUT2D eigenvalue weighted by molar-refractivity contribution is 5.99. The lowest BCUT2D eigenvalue weighted by molar-refractivity contribution is 0.0604. The average molecular weight is 463 g/mol. The maximum absolute atomic E-state index is 14.2. The number of aliphatic hydroxyl groups excluding tert-OH is 1. The Kier molecular flexibility index (Phi) is 7.16. The van der Waals surface area contributed by atoms with Gasteiger partial charge in [0.05, 0.1) is 6.04 Å². The number of carbonyl (C=O) groups excluding carboxylic acids is 2. The molecule has 0 spiro atoms. The molecular weight excluding hydrogens is 436 g/mol. The fourth-order valence-electron chi connectivity index (χ4n) is 4.36. The van der Waals surface area contributed by atoms with Gasteiger partial charge in [-0.15, -0.1) is 0 Å². The van der Waals surface area contributed by atoms with Crippen molar-refractivity contribution in [2.24, 2.45) is 0 Å². The molecule has 178 valence electrons. The quantitative estimate of drug-likeness (QED) is 0.647. The van der Waals surface area contributed by atoms with Gasteiger partial charge in [-0.3, -0.25) is 14.4 Å². The van der Waals surface area contributed by atoms with Crippen LogP contribution in [0.25, 0.3) is 0 Å². The largest absolute Gasteiger partial charge is 0.503 e. The van der Waals surface area contributed by atoms with Crippen LogP contribution in [0.4, 0.5) is 8.78 Å². The molecule has 4 rings (SSSR count). The van der Waals surface area contributed by atoms with Gasteiger partial charge in [0, 0.05) is 43.6 Å². The van der Waals surface area contributed by atoms with Crippen LogP contribution in [-0.4, -0.2) is 51.2 Å². The van der Waals surface area contributed by atoms with Crippen molar-refractivity contribution in [2.75, 3.05) is 13.7 Å². The molecule has 1 fully saturated rings. The number of amides is 2. The fourth-order valence-corrected chi connectivity index (χ4v) is 4.36. The normalized spacial score (nSPS) is 19.2. The predicted octanol–water partition coefficient (Wildman–Crippen LogP) is 2.25. The molecule has 2 atom stereocenters. The van der Waals surface area contributed by atoms with Gasteiger partial charge in [-0.2, -0.15) is 0 Å². The number of carbonyl (C=O) groups is 2. The molecule has 0 saturated carbocycles. The molecule has 1 aromatic carbocycles. The number of pyridine rings is 1. The first-order valence-corrected chi connectivity index (χ1v) is 10.7. The van der Waals surface area contributed by atoms with Crippen molar-refractivity contribution in [3.8, 4) is 5.75 Å². The standard InChI is InChI=1S/C22H23F2N3O4.CH4O/c1-11-4-3-5-14-9-26(11)22(31)18-20(29)19(28)15(10-27(14)18)21(30)25-8-13-6-7-16(23)12(2)17(13)24;1-2/h6-7,10-11,14,29H,3-5,8-9H2,1-2H3,(H,25,30);2H,1H3. The summed E-state index contributed by atoms with van der Waals surface area (Å²) in [5.41, 5.74) is -1.49. The van der Waals surface area contributed by atoms with E-state index < -0.39 is 34.6 Å². The third-order valence-corrected chi connectivity index (χ3v) is 6.25. The zero-order valence-corrected chi connectivity index (χ0v) is 18.7. The van der Waals surface area contributed by atoms with Crippen molar-refractivity contribution in [1.82, 2.24) is 14.8 Å². The topological polar surface area (TPSA) is 112 Å². The Labute approximate surface area is 189 Å². The summed E-state index contributed by atoms with van der Waals surface area (Å²) >= 11 is 0. The van der Waals surface area contributed by atoms with Gasteiger partial charge in [-0.25, -0.2) is 8.78 Å². The molecular formula is C23H27F2N3O5. The first kappa shape index (κ1) is 24.4. The van der Waals surface area contributed by atoms with Crippen LogP contribution in [0.5, 0.6) is 5.75 Å². The second kappa shape index (κ2) is 9.70. The molecule has 33 heavy (non-hydrogen) atoms. The van der Waals surface area contributed by atoms with E-state index in [0.29, 0.717) is 6.54 Å². The minimum Gasteiger partial charge on any atom is -0.503 e. The summed E-state index contributed by atoms with van der Waals surface area (Å²) in [7, 11) is 1.00. The summed E-state index contributed by atoms with van der Waals surface area (Å²) in [6.07, 6.45) is 3.73. The molecule has 8 nitrogen and oxygen atoms in total. The van der Waals surface area contributed by atoms with Crippen molar-refractivity contribution in [2.45, 2.75) is 51.7 Å². The summed E-state index contributed by atoms with van der Waals surface area (Å²) in [6.45, 7) is 3.40. The van der Waals surface area contributed by atoms with Crippen molar-refractivity contribution in [3.63, 3.8) is 0 Å². The summed E-state index contributed by atoms with van der Waals surface area (Å²) in [5.74, 6) is -3.47. The maximum atomic E-state index is 14.2. The monoisotopic (exact) mass is 463 g/mol. The molecule has 2 amide bonds. The first-order chi connectivity index (χ1) is 15.7. The van der Waals surface area contributed by atoms with E-state index in [4.69, 9.17) is 5.11 Å². The number of aromatic hydroxyl groups is 1. The second-order valence-corrected chi connectivity index (χ2v) is 8.20. The van der Waals surface area contributed by atoms with Crippen LogP contribution < -0.4 is 10.7 Å². The van der Waals surface area contributed by atoms with Crippen molar-refractivity contribution < 1.29 is 28.6 Å². The zero-order valence-electron chi connectivity index (χ0n) is 18.7. The number of fused-ring (bicyclic) bond motifs is 4. The van der Waals surface area contributed by atoms with Crippen LogP contribution >= 0.6 is 0 Å². The van der Waals surface area contributed by atoms with E-state index in [1.807, 2.05) is 6.92 Å². The number of nitrogens with one attached hydrogen (secondary N) is 1. The number of aromatic nitrogens is 1. The van der Waals surface area contributed by atoms with E-state index in [1.54, 1.807) is 4.90 Å². The second-order valence-electron chi connectivity index (χ2n) is 8.20. The Morgan fingerprint density at radius 3 is 2.61 bits per heavy atom. The molecule has 2 unspecified atom stereocenters. The Morgan fingerprint density at radius 1 is 1.21 bits per heavy atom. The molecule has 3 N–H and O–H groups in total. The number of nitrogens with zero attached hydrogens (tertiary/aromatic N) is 2. The highest BCUT2D eigenvalue weighted by atomic mass is 19.1. The van der Waals surface area contributed by atoms with Gasteiger partial charge in [0.1, 0.15) is 17.2 Å². The van der Waals surface area contributed by atoms with Crippen LogP contribution in [-0.2, 0) is 6.54 Å². The van der Waals surface area contributed by atoms with E-state index in [9.17, 15) is 28.3 Å². The van der Waals surface area contributed by atoms with Crippen LogP contribution in [0.1, 0.15) is 64.2 Å². The zero-order chi connectivity index (χ0) is 24.4. The molecule has 2 aliphatic rings. The highest BCUT2D eigenvalue weighted by Crippen LogP contribution is 2.34. The summed E-state index contributed by atoms with van der Waals surface area (Å²) in [5, 5.41) is 20.0.